The summed E-state index contributed by atoms with van der Waals surface area (Å²) in [6.45, 7) is 7.15. The quantitative estimate of drug-likeness (QED) is 0.484. The Morgan fingerprint density at radius 2 is 1.97 bits per heavy atom. The molecular formula is C28H34N8O3. The Hall–Kier alpha value is -4.14. The average molecular weight is 531 g/mol. The van der Waals surface area contributed by atoms with Crippen molar-refractivity contribution in [2.45, 2.75) is 58.8 Å². The van der Waals surface area contributed by atoms with Gasteiger partial charge >= 0.3 is 5.69 Å². The van der Waals surface area contributed by atoms with E-state index in [2.05, 4.69) is 16.0 Å². The molecule has 0 radical (unpaired) electrons. The van der Waals surface area contributed by atoms with Gasteiger partial charge in [0.1, 0.15) is 28.8 Å². The van der Waals surface area contributed by atoms with Gasteiger partial charge in [0.2, 0.25) is 0 Å². The van der Waals surface area contributed by atoms with E-state index in [1.165, 1.54) is 4.57 Å². The van der Waals surface area contributed by atoms with Crippen LogP contribution in [0.4, 0.5) is 11.5 Å². The van der Waals surface area contributed by atoms with E-state index >= 15 is 0 Å². The number of hydroxylamine groups is 2. The number of aromatic nitrogens is 3. The minimum Gasteiger partial charge on any atom is -0.355 e. The maximum atomic E-state index is 14.1. The molecule has 3 N–H and O–H groups in total. The number of hydrogen-bond donors (Lipinski definition) is 2. The number of aliphatic imine (C=N–C) groups is 1. The van der Waals surface area contributed by atoms with Crippen molar-refractivity contribution in [1.82, 2.24) is 18.8 Å². The highest BCUT2D eigenvalue weighted by Crippen LogP contribution is 2.34. The van der Waals surface area contributed by atoms with Crippen molar-refractivity contribution in [3.63, 3.8) is 0 Å². The van der Waals surface area contributed by atoms with Crippen LogP contribution in [-0.4, -0.2) is 48.9 Å². The summed E-state index contributed by atoms with van der Waals surface area (Å²) in [7, 11) is 1.57. The smallest absolute Gasteiger partial charge is 0.331 e. The van der Waals surface area contributed by atoms with E-state index in [4.69, 9.17) is 5.73 Å². The predicted octanol–water partition coefficient (Wildman–Crippen LogP) is 2.76. The topological polar surface area (TPSA) is 138 Å². The van der Waals surface area contributed by atoms with Gasteiger partial charge in [-0.15, -0.1) is 0 Å². The number of aryl methyl sites for hydroxylation is 1. The molecule has 4 heterocycles. The van der Waals surface area contributed by atoms with Gasteiger partial charge in [0.05, 0.1) is 23.8 Å². The first-order chi connectivity index (χ1) is 18.6. The second-order valence-electron chi connectivity index (χ2n) is 10.6. The standard InChI is InChI=1S/C28H34N8O3/c1-17(2)11-13-34-25-24(21(14-29)26(34)33-12-7-8-19(30)15-33)32(4)28(38)35(27(25)37)16-23-31-22-10-6-5-9-20(22)18(3)36(23)39/h5-6,9-11,18-19,39H,7-8,12-13,15-16,30H2,1-4H3/t18?,19-/m0/s1. The molecule has 1 fully saturated rings. The molecule has 11 heteroatoms. The predicted molar refractivity (Wildman–Crippen MR) is 151 cm³/mol. The van der Waals surface area contributed by atoms with Gasteiger partial charge in [-0.1, -0.05) is 29.8 Å². The van der Waals surface area contributed by atoms with Gasteiger partial charge in [0.25, 0.3) is 5.56 Å². The number of nitrogens with two attached hydrogens (primary N) is 1. The summed E-state index contributed by atoms with van der Waals surface area (Å²) in [5, 5.41) is 22.2. The molecule has 2 aliphatic rings. The van der Waals surface area contributed by atoms with Crippen molar-refractivity contribution in [3.05, 3.63) is 67.9 Å². The summed E-state index contributed by atoms with van der Waals surface area (Å²) in [5.41, 5.74) is 8.57. The van der Waals surface area contributed by atoms with E-state index in [1.807, 2.05) is 55.7 Å². The highest BCUT2D eigenvalue weighted by molar-refractivity contribution is 5.91. The molecule has 1 aromatic carbocycles. The zero-order valence-electron chi connectivity index (χ0n) is 22.8. The molecule has 0 saturated carbocycles. The maximum Gasteiger partial charge on any atom is 0.331 e. The second-order valence-corrected chi connectivity index (χ2v) is 10.6. The number of benzene rings is 1. The first-order valence-corrected chi connectivity index (χ1v) is 13.2. The molecule has 0 bridgehead atoms. The largest absolute Gasteiger partial charge is 0.355 e. The third-order valence-electron chi connectivity index (χ3n) is 7.63. The molecule has 204 valence electrons. The number of fused-ring (bicyclic) bond motifs is 2. The van der Waals surface area contributed by atoms with Crippen LogP contribution in [0.15, 0.2) is 50.5 Å². The molecule has 1 unspecified atom stereocenters. The van der Waals surface area contributed by atoms with E-state index in [0.717, 1.165) is 33.6 Å². The van der Waals surface area contributed by atoms with Crippen molar-refractivity contribution in [2.75, 3.05) is 18.0 Å². The maximum absolute atomic E-state index is 14.1. The number of nitrogens with zero attached hydrogens (tertiary/aromatic N) is 7. The minimum absolute atomic E-state index is 0.0506. The van der Waals surface area contributed by atoms with Gasteiger partial charge in [0, 0.05) is 38.3 Å². The van der Waals surface area contributed by atoms with Crippen molar-refractivity contribution >= 4 is 28.4 Å². The fraction of sp³-hybridized carbons (Fsp3) is 0.429. The highest BCUT2D eigenvalue weighted by atomic mass is 16.5. The molecular weight excluding hydrogens is 496 g/mol. The van der Waals surface area contributed by atoms with Crippen LogP contribution in [0.3, 0.4) is 0 Å². The van der Waals surface area contributed by atoms with Gasteiger partial charge in [-0.05, 0) is 39.7 Å². The number of hydrogen-bond acceptors (Lipinski definition) is 8. The Bertz CT molecular complexity index is 1660. The zero-order valence-corrected chi connectivity index (χ0v) is 22.8. The van der Waals surface area contributed by atoms with Crippen LogP contribution in [0.2, 0.25) is 0 Å². The molecule has 0 amide bonds. The van der Waals surface area contributed by atoms with Crippen LogP contribution in [-0.2, 0) is 20.1 Å². The summed E-state index contributed by atoms with van der Waals surface area (Å²) in [6.07, 6.45) is 3.74. The van der Waals surface area contributed by atoms with Crippen molar-refractivity contribution < 1.29 is 5.21 Å². The van der Waals surface area contributed by atoms with Crippen molar-refractivity contribution in [3.8, 4) is 6.07 Å². The monoisotopic (exact) mass is 530 g/mol. The lowest BCUT2D eigenvalue weighted by Gasteiger charge is -2.33. The van der Waals surface area contributed by atoms with E-state index < -0.39 is 17.3 Å². The van der Waals surface area contributed by atoms with Crippen LogP contribution in [0.5, 0.6) is 0 Å². The minimum atomic E-state index is -0.590. The lowest BCUT2D eigenvalue weighted by atomic mass is 10.0. The SMILES string of the molecule is CC(C)=CCn1c(N2CCC[C@H](N)C2)c(C#N)c2c1c(=O)n(CC1=Nc3ccccc3C(C)N1O)c(=O)n2C. The molecule has 2 atom stereocenters. The normalized spacial score (nSPS) is 19.1. The van der Waals surface area contributed by atoms with Crippen molar-refractivity contribution in [1.29, 1.82) is 5.26 Å². The number of para-hydroxylation sites is 1. The number of piperidine rings is 1. The summed E-state index contributed by atoms with van der Waals surface area (Å²) < 4.78 is 4.26. The Balaban J connectivity index is 1.75. The second kappa shape index (κ2) is 10.2. The fourth-order valence-corrected chi connectivity index (χ4v) is 5.59. The third-order valence-corrected chi connectivity index (χ3v) is 7.63. The van der Waals surface area contributed by atoms with Gasteiger partial charge in [0.15, 0.2) is 0 Å². The van der Waals surface area contributed by atoms with Gasteiger partial charge in [-0.3, -0.25) is 19.1 Å². The summed E-state index contributed by atoms with van der Waals surface area (Å²) >= 11 is 0. The van der Waals surface area contributed by atoms with Gasteiger partial charge < -0.3 is 15.2 Å². The van der Waals surface area contributed by atoms with Crippen LogP contribution in [0.1, 0.15) is 50.8 Å². The van der Waals surface area contributed by atoms with Gasteiger partial charge in [-0.25, -0.2) is 14.9 Å². The fourth-order valence-electron chi connectivity index (χ4n) is 5.59. The molecule has 0 spiro atoms. The summed E-state index contributed by atoms with van der Waals surface area (Å²) in [6, 6.07) is 9.26. The van der Waals surface area contributed by atoms with Gasteiger partial charge in [-0.2, -0.15) is 5.26 Å². The summed E-state index contributed by atoms with van der Waals surface area (Å²) in [5.74, 6) is 0.788. The Morgan fingerprint density at radius 3 is 2.67 bits per heavy atom. The Kier molecular flexibility index (Phi) is 6.92. The lowest BCUT2D eigenvalue weighted by Crippen LogP contribution is -2.45. The summed E-state index contributed by atoms with van der Waals surface area (Å²) in [4.78, 5) is 34.3. The number of amidine groups is 1. The molecule has 0 aliphatic carbocycles. The van der Waals surface area contributed by atoms with E-state index in [1.54, 1.807) is 7.05 Å². The van der Waals surface area contributed by atoms with E-state index in [9.17, 15) is 20.1 Å². The molecule has 2 aliphatic heterocycles. The Labute approximate surface area is 226 Å². The first-order valence-electron chi connectivity index (χ1n) is 13.2. The molecule has 39 heavy (non-hydrogen) atoms. The molecule has 5 rings (SSSR count). The number of anilines is 1. The van der Waals surface area contributed by atoms with Crippen LogP contribution in [0, 0.1) is 11.3 Å². The lowest BCUT2D eigenvalue weighted by molar-refractivity contribution is -0.0536. The zero-order chi connectivity index (χ0) is 28.0. The highest BCUT2D eigenvalue weighted by Gasteiger charge is 2.31. The van der Waals surface area contributed by atoms with Crippen LogP contribution < -0.4 is 21.9 Å². The number of allylic oxidation sites excluding steroid dienone is 2. The third kappa shape index (κ3) is 4.45. The molecule has 2 aromatic heterocycles. The number of rotatable bonds is 5. The number of nitriles is 1. The van der Waals surface area contributed by atoms with Crippen LogP contribution in [0.25, 0.3) is 11.0 Å². The van der Waals surface area contributed by atoms with Crippen LogP contribution >= 0.6 is 0 Å². The first kappa shape index (κ1) is 26.5. The molecule has 3 aromatic rings. The Morgan fingerprint density at radius 1 is 1.23 bits per heavy atom. The van der Waals surface area contributed by atoms with Crippen molar-refractivity contribution in [2.24, 2.45) is 17.8 Å². The van der Waals surface area contributed by atoms with E-state index in [-0.39, 0.29) is 29.5 Å². The average Bonchev–Trinajstić information content (AvgIpc) is 3.25. The molecule has 11 nitrogen and oxygen atoms in total. The van der Waals surface area contributed by atoms with E-state index in [0.29, 0.717) is 36.7 Å². The molecule has 1 saturated heterocycles.